The van der Waals surface area contributed by atoms with Gasteiger partial charge in [0, 0.05) is 37.4 Å². The monoisotopic (exact) mass is 435 g/mol. The fourth-order valence-corrected chi connectivity index (χ4v) is 4.73. The van der Waals surface area contributed by atoms with Crippen molar-refractivity contribution >= 4 is 28.6 Å². The van der Waals surface area contributed by atoms with Gasteiger partial charge in [-0.3, -0.25) is 14.3 Å². The summed E-state index contributed by atoms with van der Waals surface area (Å²) < 4.78 is 8.64. The first-order valence-corrected chi connectivity index (χ1v) is 10.7. The molecule has 9 nitrogen and oxygen atoms in total. The molecular weight excluding hydrogens is 410 g/mol. The van der Waals surface area contributed by atoms with Gasteiger partial charge in [-0.15, -0.1) is 0 Å². The van der Waals surface area contributed by atoms with Gasteiger partial charge < -0.3 is 19.5 Å². The molecule has 32 heavy (non-hydrogen) atoms. The van der Waals surface area contributed by atoms with Gasteiger partial charge in [-0.1, -0.05) is 0 Å². The minimum absolute atomic E-state index is 0.195. The number of fused-ring (bicyclic) bond motifs is 1. The number of carbonyl (C=O) groups excluding carboxylic acids is 2. The van der Waals surface area contributed by atoms with Crippen molar-refractivity contribution in [1.82, 2.24) is 19.2 Å². The second-order valence-electron chi connectivity index (χ2n) is 8.74. The molecule has 1 aromatic carbocycles. The van der Waals surface area contributed by atoms with E-state index < -0.39 is 0 Å². The first kappa shape index (κ1) is 20.3. The van der Waals surface area contributed by atoms with Gasteiger partial charge in [-0.2, -0.15) is 5.10 Å². The summed E-state index contributed by atoms with van der Waals surface area (Å²) in [6.45, 7) is 0.457. The number of amides is 2. The van der Waals surface area contributed by atoms with Crippen LogP contribution >= 0.6 is 0 Å². The van der Waals surface area contributed by atoms with Crippen molar-refractivity contribution in [2.75, 3.05) is 19.0 Å². The molecule has 1 N–H and O–H groups in total. The van der Waals surface area contributed by atoms with Crippen molar-refractivity contribution in [2.24, 2.45) is 7.05 Å². The van der Waals surface area contributed by atoms with Crippen LogP contribution in [0.3, 0.4) is 0 Å². The van der Waals surface area contributed by atoms with Gasteiger partial charge in [-0.25, -0.2) is 4.79 Å². The zero-order valence-electron chi connectivity index (χ0n) is 18.1. The van der Waals surface area contributed by atoms with Gasteiger partial charge in [0.1, 0.15) is 12.3 Å². The van der Waals surface area contributed by atoms with Gasteiger partial charge >= 0.3 is 6.09 Å². The molecule has 166 valence electrons. The SMILES string of the molecule is Cn1cccc(NC(=O)c2ccc3nn([C@H]4CC[C@]5(CC4)COC(=O)N5C)cc3c2)c1=O. The van der Waals surface area contributed by atoms with E-state index in [-0.39, 0.29) is 34.8 Å². The zero-order valence-corrected chi connectivity index (χ0v) is 18.1. The number of rotatable bonds is 3. The van der Waals surface area contributed by atoms with E-state index in [1.165, 1.54) is 4.57 Å². The smallest absolute Gasteiger partial charge is 0.410 e. The molecular formula is C23H25N5O4. The maximum Gasteiger partial charge on any atom is 0.410 e. The normalized spacial score (nSPS) is 23.0. The summed E-state index contributed by atoms with van der Waals surface area (Å²) in [5.41, 5.74) is 1.07. The van der Waals surface area contributed by atoms with Crippen LogP contribution in [0.5, 0.6) is 0 Å². The molecule has 3 aromatic rings. The van der Waals surface area contributed by atoms with Crippen molar-refractivity contribution in [2.45, 2.75) is 37.3 Å². The second kappa shape index (κ2) is 7.51. The lowest BCUT2D eigenvalue weighted by atomic mass is 9.79. The number of nitrogens with zero attached hydrogens (tertiary/aromatic N) is 4. The highest BCUT2D eigenvalue weighted by molar-refractivity contribution is 6.06. The van der Waals surface area contributed by atoms with Crippen LogP contribution in [0.4, 0.5) is 10.5 Å². The molecule has 1 aliphatic carbocycles. The van der Waals surface area contributed by atoms with Crippen molar-refractivity contribution in [3.63, 3.8) is 0 Å². The topological polar surface area (TPSA) is 98.5 Å². The number of ether oxygens (including phenoxy) is 1. The third-order valence-electron chi connectivity index (χ3n) is 6.87. The van der Waals surface area contributed by atoms with Crippen LogP contribution in [0.1, 0.15) is 42.1 Å². The summed E-state index contributed by atoms with van der Waals surface area (Å²) in [6.07, 6.45) is 6.91. The Morgan fingerprint density at radius 3 is 2.69 bits per heavy atom. The number of cyclic esters (lactones) is 1. The molecule has 1 spiro atoms. The highest BCUT2D eigenvalue weighted by Gasteiger charge is 2.47. The number of aryl methyl sites for hydroxylation is 1. The molecule has 2 aliphatic rings. The Hall–Kier alpha value is -3.62. The molecule has 5 rings (SSSR count). The van der Waals surface area contributed by atoms with E-state index in [9.17, 15) is 14.4 Å². The average molecular weight is 435 g/mol. The van der Waals surface area contributed by atoms with E-state index in [4.69, 9.17) is 9.84 Å². The largest absolute Gasteiger partial charge is 0.447 e. The Balaban J connectivity index is 1.32. The van der Waals surface area contributed by atoms with Crippen LogP contribution in [0.2, 0.25) is 0 Å². The summed E-state index contributed by atoms with van der Waals surface area (Å²) in [5.74, 6) is -0.337. The maximum atomic E-state index is 12.7. The third kappa shape index (κ3) is 3.34. The number of aromatic nitrogens is 3. The predicted molar refractivity (Wildman–Crippen MR) is 119 cm³/mol. The fraction of sp³-hybridized carbons (Fsp3) is 0.391. The maximum absolute atomic E-state index is 12.7. The molecule has 0 radical (unpaired) electrons. The second-order valence-corrected chi connectivity index (χ2v) is 8.74. The van der Waals surface area contributed by atoms with Crippen molar-refractivity contribution in [3.8, 4) is 0 Å². The first-order valence-electron chi connectivity index (χ1n) is 10.7. The molecule has 0 atom stereocenters. The predicted octanol–water partition coefficient (Wildman–Crippen LogP) is 2.92. The highest BCUT2D eigenvalue weighted by Crippen LogP contribution is 2.41. The van der Waals surface area contributed by atoms with Crippen molar-refractivity contribution in [3.05, 3.63) is 58.6 Å². The van der Waals surface area contributed by atoms with E-state index in [1.807, 2.05) is 24.0 Å². The third-order valence-corrected chi connectivity index (χ3v) is 6.87. The quantitative estimate of drug-likeness (QED) is 0.682. The summed E-state index contributed by atoms with van der Waals surface area (Å²) in [5, 5.41) is 8.28. The number of carbonyl (C=O) groups is 2. The summed E-state index contributed by atoms with van der Waals surface area (Å²) in [4.78, 5) is 38.4. The summed E-state index contributed by atoms with van der Waals surface area (Å²) in [6, 6.07) is 8.88. The van der Waals surface area contributed by atoms with Gasteiger partial charge in [-0.05, 0) is 56.0 Å². The van der Waals surface area contributed by atoms with E-state index >= 15 is 0 Å². The van der Waals surface area contributed by atoms with E-state index in [0.717, 1.165) is 36.6 Å². The molecule has 1 saturated heterocycles. The van der Waals surface area contributed by atoms with Crippen LogP contribution in [0.15, 0.2) is 47.5 Å². The molecule has 2 fully saturated rings. The number of hydrogen-bond acceptors (Lipinski definition) is 5. The Morgan fingerprint density at radius 2 is 1.97 bits per heavy atom. The van der Waals surface area contributed by atoms with Crippen LogP contribution in [0.25, 0.3) is 10.9 Å². The molecule has 0 bridgehead atoms. The minimum atomic E-state index is -0.337. The summed E-state index contributed by atoms with van der Waals surface area (Å²) in [7, 11) is 3.46. The number of benzene rings is 1. The fourth-order valence-electron chi connectivity index (χ4n) is 4.73. The average Bonchev–Trinajstić information content (AvgIpc) is 3.34. The van der Waals surface area contributed by atoms with Crippen LogP contribution in [-0.2, 0) is 11.8 Å². The molecule has 2 aromatic heterocycles. The van der Waals surface area contributed by atoms with Crippen LogP contribution in [0, 0.1) is 0 Å². The molecule has 2 amide bonds. The number of pyridine rings is 1. The standard InChI is InChI=1S/C23H25N5O4/c1-26-11-3-4-19(21(26)30)24-20(29)15-5-6-18-16(12-15)13-28(25-18)17-7-9-23(10-8-17)14-32-22(31)27(23)2/h3-6,11-13,17H,7-10,14H2,1-2H3,(H,24,29)/t17-,23-. The first-order chi connectivity index (χ1) is 15.4. The van der Waals surface area contributed by atoms with Crippen molar-refractivity contribution < 1.29 is 14.3 Å². The Labute approximate surface area is 184 Å². The Bertz CT molecular complexity index is 1270. The van der Waals surface area contributed by atoms with Gasteiger partial charge in [0.05, 0.1) is 17.1 Å². The van der Waals surface area contributed by atoms with Gasteiger partial charge in [0.25, 0.3) is 11.5 Å². The lowest BCUT2D eigenvalue weighted by Crippen LogP contribution is -2.47. The lowest BCUT2D eigenvalue weighted by Gasteiger charge is -2.39. The zero-order chi connectivity index (χ0) is 22.5. The molecule has 0 unspecified atom stereocenters. The van der Waals surface area contributed by atoms with E-state index in [1.54, 1.807) is 42.4 Å². The van der Waals surface area contributed by atoms with Crippen molar-refractivity contribution in [1.29, 1.82) is 0 Å². The lowest BCUT2D eigenvalue weighted by molar-refractivity contribution is 0.102. The minimum Gasteiger partial charge on any atom is -0.447 e. The number of hydrogen-bond donors (Lipinski definition) is 1. The van der Waals surface area contributed by atoms with Gasteiger partial charge in [0.2, 0.25) is 0 Å². The molecule has 9 heteroatoms. The molecule has 3 heterocycles. The number of likely N-dealkylation sites (N-methyl/N-ethyl adjacent to an activating group) is 1. The Morgan fingerprint density at radius 1 is 1.19 bits per heavy atom. The highest BCUT2D eigenvalue weighted by atomic mass is 16.6. The number of nitrogens with one attached hydrogen (secondary N) is 1. The summed E-state index contributed by atoms with van der Waals surface area (Å²) >= 11 is 0. The number of anilines is 1. The Kier molecular flexibility index (Phi) is 4.76. The van der Waals surface area contributed by atoms with Gasteiger partial charge in [0.15, 0.2) is 0 Å². The van der Waals surface area contributed by atoms with Crippen LogP contribution < -0.4 is 10.9 Å². The van der Waals surface area contributed by atoms with E-state index in [2.05, 4.69) is 5.32 Å². The molecule has 1 saturated carbocycles. The van der Waals surface area contributed by atoms with E-state index in [0.29, 0.717) is 12.2 Å². The molecule has 1 aliphatic heterocycles. The van der Waals surface area contributed by atoms with Crippen LogP contribution in [-0.4, -0.2) is 50.4 Å².